The number of rotatable bonds is 11. The van der Waals surface area contributed by atoms with Crippen LogP contribution in [0.2, 0.25) is 0 Å². The van der Waals surface area contributed by atoms with E-state index in [1.807, 2.05) is 109 Å². The van der Waals surface area contributed by atoms with Gasteiger partial charge in [-0.05, 0) is 72.5 Å². The molecule has 2 aliphatic rings. The average Bonchev–Trinajstić information content (AvgIpc) is 3.38. The smallest absolute Gasteiger partial charge is 0.434 e. The summed E-state index contributed by atoms with van der Waals surface area (Å²) < 4.78 is 159. The Hall–Kier alpha value is -6.81. The molecule has 0 saturated carbocycles. The monoisotopic (exact) mass is 1090 g/mol. The Morgan fingerprint density at radius 3 is 1.26 bits per heavy atom. The van der Waals surface area contributed by atoms with E-state index >= 15 is 0 Å². The number of aliphatic hydroxyl groups is 1. The first-order valence-electron chi connectivity index (χ1n) is 23.7. The molecule has 1 amide bonds. The lowest BCUT2D eigenvalue weighted by atomic mass is 10.0. The van der Waals surface area contributed by atoms with Gasteiger partial charge in [0, 0.05) is 76.6 Å². The van der Waals surface area contributed by atoms with Crippen molar-refractivity contribution in [2.24, 2.45) is 0 Å². The van der Waals surface area contributed by atoms with Crippen molar-refractivity contribution in [3.63, 3.8) is 0 Å². The van der Waals surface area contributed by atoms with E-state index in [9.17, 15) is 57.5 Å². The average molecular weight is 1100 g/mol. The van der Waals surface area contributed by atoms with E-state index in [-0.39, 0.29) is 33.6 Å². The van der Waals surface area contributed by atoms with Crippen molar-refractivity contribution >= 4 is 6.09 Å². The molecule has 2 aliphatic heterocycles. The lowest BCUT2D eigenvalue weighted by molar-refractivity contribution is -0.309. The van der Waals surface area contributed by atoms with Crippen molar-refractivity contribution in [3.8, 4) is 45.3 Å². The minimum atomic E-state index is -5.75. The summed E-state index contributed by atoms with van der Waals surface area (Å²) in [5.74, 6) is 3.07. The summed E-state index contributed by atoms with van der Waals surface area (Å²) in [7, 11) is 0. The second kappa shape index (κ2) is 27.0. The number of hydrogen-bond donors (Lipinski definition) is 2. The molecule has 6 aromatic carbocycles. The fourth-order valence-electron chi connectivity index (χ4n) is 7.92. The van der Waals surface area contributed by atoms with Gasteiger partial charge in [0.15, 0.2) is 0 Å². The number of halogens is 12. The zero-order valence-electron chi connectivity index (χ0n) is 41.0. The summed E-state index contributed by atoms with van der Waals surface area (Å²) in [6.07, 6.45) is -32.8. The number of para-hydroxylation sites is 2. The van der Waals surface area contributed by atoms with Gasteiger partial charge in [-0.25, -0.2) is 4.79 Å². The van der Waals surface area contributed by atoms with Crippen LogP contribution in [0, 0.1) is 13.8 Å². The number of benzene rings is 6. The fraction of sp³-hybridized carbons (Fsp3) is 0.339. The third kappa shape index (κ3) is 18.7. The fourth-order valence-corrected chi connectivity index (χ4v) is 7.92. The highest BCUT2D eigenvalue weighted by molar-refractivity contribution is 5.69. The van der Waals surface area contributed by atoms with Crippen molar-refractivity contribution in [2.75, 3.05) is 52.4 Å². The number of amides is 1. The van der Waals surface area contributed by atoms with Crippen LogP contribution in [0.4, 0.5) is 57.5 Å². The molecule has 2 heterocycles. The number of nitrogens with one attached hydrogen (secondary N) is 1. The molecule has 0 bridgehead atoms. The highest BCUT2D eigenvalue weighted by Crippen LogP contribution is 2.38. The number of alkyl halides is 12. The molecule has 9 nitrogen and oxygen atoms in total. The van der Waals surface area contributed by atoms with E-state index in [0.717, 1.165) is 71.4 Å². The molecular formula is C56H58F12N4O5. The lowest BCUT2D eigenvalue weighted by Crippen LogP contribution is -2.52. The summed E-state index contributed by atoms with van der Waals surface area (Å²) in [5, 5.41) is 10.9. The molecule has 0 radical (unpaired) electrons. The van der Waals surface area contributed by atoms with Crippen molar-refractivity contribution in [1.82, 2.24) is 20.0 Å². The van der Waals surface area contributed by atoms with E-state index in [1.165, 1.54) is 22.3 Å². The number of ether oxygens (including phenoxy) is 3. The molecule has 0 spiro atoms. The van der Waals surface area contributed by atoms with Crippen LogP contribution in [0.1, 0.15) is 29.7 Å². The van der Waals surface area contributed by atoms with Crippen molar-refractivity contribution in [2.45, 2.75) is 71.3 Å². The van der Waals surface area contributed by atoms with Gasteiger partial charge in [0.2, 0.25) is 6.10 Å². The minimum absolute atomic E-state index is 0. The molecule has 21 heteroatoms. The largest absolute Gasteiger partial charge is 0.457 e. The molecule has 0 aromatic heterocycles. The van der Waals surface area contributed by atoms with E-state index in [4.69, 9.17) is 14.6 Å². The van der Waals surface area contributed by atoms with Crippen LogP contribution >= 0.6 is 0 Å². The van der Waals surface area contributed by atoms with Gasteiger partial charge in [0.05, 0.1) is 0 Å². The van der Waals surface area contributed by atoms with Gasteiger partial charge < -0.3 is 29.5 Å². The molecule has 0 unspecified atom stereocenters. The van der Waals surface area contributed by atoms with Crippen LogP contribution < -0.4 is 14.8 Å². The molecule has 6 aromatic rings. The van der Waals surface area contributed by atoms with E-state index in [0.29, 0.717) is 18.0 Å². The molecule has 8 rings (SSSR count). The highest BCUT2D eigenvalue weighted by Gasteiger charge is 2.60. The van der Waals surface area contributed by atoms with Gasteiger partial charge in [0.25, 0.3) is 6.10 Å². The third-order valence-corrected chi connectivity index (χ3v) is 11.8. The van der Waals surface area contributed by atoms with Crippen LogP contribution in [0.3, 0.4) is 0 Å². The lowest BCUT2D eigenvalue weighted by Gasteiger charge is -2.35. The normalized spacial score (nSPS) is 14.6. The number of hydrogen-bond acceptors (Lipinski definition) is 8. The van der Waals surface area contributed by atoms with Crippen molar-refractivity contribution in [3.05, 3.63) is 168 Å². The molecular weight excluding hydrogens is 1040 g/mol. The molecule has 2 fully saturated rings. The number of carbonyl (C=O) groups excluding carboxylic acids is 1. The first-order chi connectivity index (χ1) is 35.8. The van der Waals surface area contributed by atoms with Crippen LogP contribution in [0.5, 0.6) is 23.0 Å². The predicted octanol–water partition coefficient (Wildman–Crippen LogP) is 14.2. The summed E-state index contributed by atoms with van der Waals surface area (Å²) in [6, 6.07) is 48.3. The quantitative estimate of drug-likeness (QED) is 0.124. The maximum atomic E-state index is 12.8. The Labute approximate surface area is 438 Å². The van der Waals surface area contributed by atoms with E-state index < -0.39 is 43.0 Å². The second-order valence-corrected chi connectivity index (χ2v) is 17.8. The number of piperazine rings is 2. The molecule has 0 atom stereocenters. The van der Waals surface area contributed by atoms with Gasteiger partial charge >= 0.3 is 30.8 Å². The van der Waals surface area contributed by atoms with Crippen LogP contribution in [0.25, 0.3) is 22.3 Å². The SMILES string of the molecule is C.Cc1cccc(-c2ccc(CN3CCN(C(=O)OC(C(F)(F)F)C(F)(F)F)CC3)c(Oc3ccccc3)c2)c1.Cc1cccc(-c2ccc(CN3CCNCC3)c(Oc3ccccc3)c2)c1.OC(C(F)(F)F)C(F)(F)F. The third-order valence-electron chi connectivity index (χ3n) is 11.8. The highest BCUT2D eigenvalue weighted by atomic mass is 19.4. The Bertz CT molecular complexity index is 2750. The Balaban J connectivity index is 0.000000248. The maximum Gasteiger partial charge on any atom is 0.434 e. The molecule has 2 saturated heterocycles. The van der Waals surface area contributed by atoms with Gasteiger partial charge in [-0.3, -0.25) is 9.80 Å². The maximum absolute atomic E-state index is 12.8. The molecule has 2 N–H and O–H groups in total. The van der Waals surface area contributed by atoms with Crippen molar-refractivity contribution in [1.29, 1.82) is 0 Å². The van der Waals surface area contributed by atoms with Gasteiger partial charge in [0.1, 0.15) is 23.0 Å². The summed E-state index contributed by atoms with van der Waals surface area (Å²) in [6.45, 7) is 9.97. The zero-order chi connectivity index (χ0) is 55.3. The van der Waals surface area contributed by atoms with Crippen LogP contribution in [-0.2, 0) is 17.8 Å². The Kier molecular flexibility index (Phi) is 21.4. The number of carbonyl (C=O) groups is 1. The number of nitrogens with zero attached hydrogens (tertiary/aromatic N) is 3. The van der Waals surface area contributed by atoms with Gasteiger partial charge in [-0.1, -0.05) is 128 Å². The van der Waals surface area contributed by atoms with Crippen LogP contribution in [0.15, 0.2) is 146 Å². The first kappa shape index (κ1) is 61.0. The van der Waals surface area contributed by atoms with Crippen molar-refractivity contribution < 1.29 is 76.8 Å². The summed E-state index contributed by atoms with van der Waals surface area (Å²) in [5.41, 5.74) is 8.82. The van der Waals surface area contributed by atoms with Gasteiger partial charge in [-0.2, -0.15) is 52.7 Å². The first-order valence-corrected chi connectivity index (χ1v) is 23.7. The Morgan fingerprint density at radius 1 is 0.506 bits per heavy atom. The molecule has 416 valence electrons. The summed E-state index contributed by atoms with van der Waals surface area (Å²) in [4.78, 5) is 17.4. The standard InChI is InChI=1S/C28H26F6N2O3.C24H26N2O.C3H2F6O.CH4/c1-19-6-5-7-20(16-19)21-10-11-22(24(17-21)38-23-8-3-2-4-9-23)18-35-12-14-36(15-13-35)26(37)39-25(27(29,30)31)28(32,33)34;1-19-6-5-7-20(16-19)21-10-11-22(18-26-14-12-25-13-15-26)24(17-21)27-23-8-3-2-4-9-23;4-2(5,6)1(10)3(7,8)9;/h2-11,16-17,25H,12-15,18H2,1H3;2-11,16-17,25H,12-15,18H2,1H3;1,10H;1H4. The summed E-state index contributed by atoms with van der Waals surface area (Å²) >= 11 is 0. The molecule has 77 heavy (non-hydrogen) atoms. The molecule has 0 aliphatic carbocycles. The topological polar surface area (TPSA) is 86.7 Å². The second-order valence-electron chi connectivity index (χ2n) is 17.8. The number of aryl methyl sites for hydroxylation is 2. The van der Waals surface area contributed by atoms with E-state index in [1.54, 1.807) is 0 Å². The minimum Gasteiger partial charge on any atom is -0.457 e. The zero-order valence-corrected chi connectivity index (χ0v) is 41.0. The van der Waals surface area contributed by atoms with Crippen LogP contribution in [-0.4, -0.2) is 115 Å². The predicted molar refractivity (Wildman–Crippen MR) is 268 cm³/mol. The number of aliphatic hydroxyl groups excluding tert-OH is 1. The Morgan fingerprint density at radius 2 is 0.896 bits per heavy atom. The van der Waals surface area contributed by atoms with E-state index in [2.05, 4.69) is 70.4 Å². The van der Waals surface area contributed by atoms with Gasteiger partial charge in [-0.15, -0.1) is 0 Å².